The number of halogens is 1. The molecule has 6 nitrogen and oxygen atoms in total. The number of ether oxygens (including phenoxy) is 1. The Bertz CT molecular complexity index is 536. The molecule has 1 aliphatic heterocycles. The fourth-order valence-electron chi connectivity index (χ4n) is 2.50. The lowest BCUT2D eigenvalue weighted by molar-refractivity contribution is -0.131. The molecule has 0 atom stereocenters. The number of carbonyl (C=O) groups is 1. The Kier molecular flexibility index (Phi) is 10.3. The third kappa shape index (κ3) is 6.56. The summed E-state index contributed by atoms with van der Waals surface area (Å²) in [5.74, 6) is 0.929. The van der Waals surface area contributed by atoms with E-state index in [-0.39, 0.29) is 29.9 Å². The summed E-state index contributed by atoms with van der Waals surface area (Å²) in [6.45, 7) is 6.17. The van der Waals surface area contributed by atoms with E-state index in [1.165, 1.54) is 10.4 Å². The zero-order valence-corrected chi connectivity index (χ0v) is 17.5. The van der Waals surface area contributed by atoms with Crippen LogP contribution in [-0.2, 0) is 22.5 Å². The van der Waals surface area contributed by atoms with Crippen molar-refractivity contribution in [2.45, 2.75) is 26.3 Å². The minimum atomic E-state index is 0. The summed E-state index contributed by atoms with van der Waals surface area (Å²) in [5.41, 5.74) is 1.30. The number of carbonyl (C=O) groups excluding carboxylic acids is 1. The van der Waals surface area contributed by atoms with Crippen LogP contribution in [0, 0.1) is 0 Å². The van der Waals surface area contributed by atoms with E-state index < -0.39 is 0 Å². The maximum Gasteiger partial charge on any atom is 0.224 e. The highest BCUT2D eigenvalue weighted by atomic mass is 127. The molecule has 0 unspecified atom stereocenters. The van der Waals surface area contributed by atoms with Gasteiger partial charge in [0.1, 0.15) is 0 Å². The number of aliphatic imine (C=N–C) groups is 1. The van der Waals surface area contributed by atoms with Crippen LogP contribution in [-0.4, -0.2) is 56.7 Å². The number of methoxy groups -OCH3 is 1. The van der Waals surface area contributed by atoms with Crippen molar-refractivity contribution in [3.8, 4) is 0 Å². The molecule has 2 N–H and O–H groups in total. The maximum atomic E-state index is 12.3. The first kappa shape index (κ1) is 21.2. The van der Waals surface area contributed by atoms with Crippen molar-refractivity contribution in [2.24, 2.45) is 4.99 Å². The second-order valence-electron chi connectivity index (χ2n) is 5.36. The molecule has 8 heteroatoms. The summed E-state index contributed by atoms with van der Waals surface area (Å²) in [7, 11) is 1.66. The van der Waals surface area contributed by atoms with E-state index in [1.54, 1.807) is 18.4 Å². The standard InChI is InChI=1S/C16H26N4O2S.HI/c1-3-17-16(19-8-10-22-2)18-7-4-15(21)20-9-5-14-13(12-20)6-11-23-14;/h6,11H,3-5,7-10,12H2,1-2H3,(H2,17,18,19);1H. The molecule has 0 aromatic carbocycles. The normalized spacial score (nSPS) is 13.9. The van der Waals surface area contributed by atoms with Crippen molar-refractivity contribution in [2.75, 3.05) is 39.9 Å². The lowest BCUT2D eigenvalue weighted by Crippen LogP contribution is -2.41. The number of amides is 1. The number of hydrogen-bond donors (Lipinski definition) is 2. The summed E-state index contributed by atoms with van der Waals surface area (Å²) >= 11 is 1.79. The summed E-state index contributed by atoms with van der Waals surface area (Å²) in [6.07, 6.45) is 1.46. The Labute approximate surface area is 165 Å². The molecule has 0 saturated carbocycles. The van der Waals surface area contributed by atoms with Crippen LogP contribution in [0.5, 0.6) is 0 Å². The zero-order chi connectivity index (χ0) is 16.5. The number of nitrogens with one attached hydrogen (secondary N) is 2. The van der Waals surface area contributed by atoms with Crippen LogP contribution in [0.15, 0.2) is 16.4 Å². The number of fused-ring (bicyclic) bond motifs is 1. The Hall–Kier alpha value is -0.870. The quantitative estimate of drug-likeness (QED) is 0.279. The van der Waals surface area contributed by atoms with Gasteiger partial charge in [0.25, 0.3) is 0 Å². The minimum absolute atomic E-state index is 0. The van der Waals surface area contributed by atoms with Crippen LogP contribution in [0.3, 0.4) is 0 Å². The van der Waals surface area contributed by atoms with E-state index in [4.69, 9.17) is 4.74 Å². The van der Waals surface area contributed by atoms with Gasteiger partial charge in [0.2, 0.25) is 5.91 Å². The van der Waals surface area contributed by atoms with Gasteiger partial charge in [0.05, 0.1) is 13.2 Å². The Morgan fingerprint density at radius 2 is 2.29 bits per heavy atom. The van der Waals surface area contributed by atoms with Gasteiger partial charge in [0, 0.05) is 44.6 Å². The predicted octanol–water partition coefficient (Wildman–Crippen LogP) is 1.84. The number of hydrogen-bond acceptors (Lipinski definition) is 4. The van der Waals surface area contributed by atoms with E-state index in [0.717, 1.165) is 32.0 Å². The van der Waals surface area contributed by atoms with Crippen molar-refractivity contribution in [1.29, 1.82) is 0 Å². The van der Waals surface area contributed by atoms with Crippen LogP contribution in [0.4, 0.5) is 0 Å². The Balaban J connectivity index is 0.00000288. The van der Waals surface area contributed by atoms with Gasteiger partial charge < -0.3 is 20.3 Å². The number of rotatable bonds is 7. The lowest BCUT2D eigenvalue weighted by atomic mass is 10.1. The molecule has 1 amide bonds. The summed E-state index contributed by atoms with van der Waals surface area (Å²) in [6, 6.07) is 2.13. The zero-order valence-electron chi connectivity index (χ0n) is 14.3. The van der Waals surface area contributed by atoms with Gasteiger partial charge in [0.15, 0.2) is 5.96 Å². The molecule has 0 spiro atoms. The molecule has 0 fully saturated rings. The van der Waals surface area contributed by atoms with Gasteiger partial charge in [-0.1, -0.05) is 0 Å². The molecule has 0 saturated heterocycles. The van der Waals surface area contributed by atoms with E-state index >= 15 is 0 Å². The molecular weight excluding hydrogens is 439 g/mol. The monoisotopic (exact) mass is 466 g/mol. The van der Waals surface area contributed by atoms with Crippen LogP contribution >= 0.6 is 35.3 Å². The Morgan fingerprint density at radius 3 is 3.04 bits per heavy atom. The van der Waals surface area contributed by atoms with Gasteiger partial charge >= 0.3 is 0 Å². The van der Waals surface area contributed by atoms with Crippen LogP contribution in [0.2, 0.25) is 0 Å². The molecular formula is C16H27IN4O2S. The summed E-state index contributed by atoms with van der Waals surface area (Å²) in [4.78, 5) is 20.1. The van der Waals surface area contributed by atoms with E-state index in [1.807, 2.05) is 11.8 Å². The first-order chi connectivity index (χ1) is 11.2. The summed E-state index contributed by atoms with van der Waals surface area (Å²) in [5, 5.41) is 8.48. The highest BCUT2D eigenvalue weighted by Gasteiger charge is 2.20. The van der Waals surface area contributed by atoms with E-state index in [2.05, 4.69) is 27.1 Å². The van der Waals surface area contributed by atoms with Gasteiger partial charge in [-0.3, -0.25) is 9.79 Å². The van der Waals surface area contributed by atoms with Crippen molar-refractivity contribution in [3.63, 3.8) is 0 Å². The first-order valence-corrected chi connectivity index (χ1v) is 8.96. The topological polar surface area (TPSA) is 66.0 Å². The third-order valence-corrected chi connectivity index (χ3v) is 4.72. The van der Waals surface area contributed by atoms with E-state index in [0.29, 0.717) is 26.1 Å². The van der Waals surface area contributed by atoms with Crippen LogP contribution in [0.25, 0.3) is 0 Å². The highest BCUT2D eigenvalue weighted by Crippen LogP contribution is 2.24. The molecule has 1 aromatic heterocycles. The molecule has 136 valence electrons. The molecule has 1 aliphatic rings. The third-order valence-electron chi connectivity index (χ3n) is 3.70. The Morgan fingerprint density at radius 1 is 1.46 bits per heavy atom. The molecule has 2 heterocycles. The molecule has 2 rings (SSSR count). The first-order valence-electron chi connectivity index (χ1n) is 8.08. The SMILES string of the molecule is CCNC(=NCCOC)NCCC(=O)N1CCc2sccc2C1.I. The molecule has 24 heavy (non-hydrogen) atoms. The number of guanidine groups is 1. The highest BCUT2D eigenvalue weighted by molar-refractivity contribution is 14.0. The molecule has 0 aliphatic carbocycles. The molecule has 0 bridgehead atoms. The fraction of sp³-hybridized carbons (Fsp3) is 0.625. The van der Waals surface area contributed by atoms with Crippen LogP contribution < -0.4 is 10.6 Å². The summed E-state index contributed by atoms with van der Waals surface area (Å²) < 4.78 is 4.99. The maximum absolute atomic E-state index is 12.3. The average Bonchev–Trinajstić information content (AvgIpc) is 3.02. The van der Waals surface area contributed by atoms with Crippen molar-refractivity contribution in [3.05, 3.63) is 21.9 Å². The number of nitrogens with zero attached hydrogens (tertiary/aromatic N) is 2. The van der Waals surface area contributed by atoms with E-state index in [9.17, 15) is 4.79 Å². The smallest absolute Gasteiger partial charge is 0.224 e. The number of thiophene rings is 1. The second kappa shape index (κ2) is 11.6. The van der Waals surface area contributed by atoms with Gasteiger partial charge in [-0.05, 0) is 30.4 Å². The van der Waals surface area contributed by atoms with Crippen molar-refractivity contribution in [1.82, 2.24) is 15.5 Å². The van der Waals surface area contributed by atoms with Crippen molar-refractivity contribution >= 4 is 47.2 Å². The van der Waals surface area contributed by atoms with Gasteiger partial charge in [-0.15, -0.1) is 35.3 Å². The minimum Gasteiger partial charge on any atom is -0.383 e. The van der Waals surface area contributed by atoms with Gasteiger partial charge in [-0.2, -0.15) is 0 Å². The average molecular weight is 466 g/mol. The van der Waals surface area contributed by atoms with Crippen LogP contribution in [0.1, 0.15) is 23.8 Å². The lowest BCUT2D eigenvalue weighted by Gasteiger charge is -2.27. The molecule has 1 aromatic rings. The van der Waals surface area contributed by atoms with Gasteiger partial charge in [-0.25, -0.2) is 0 Å². The largest absolute Gasteiger partial charge is 0.383 e. The second-order valence-corrected chi connectivity index (χ2v) is 6.37. The fourth-order valence-corrected chi connectivity index (χ4v) is 3.39. The van der Waals surface area contributed by atoms with Crippen molar-refractivity contribution < 1.29 is 9.53 Å². The predicted molar refractivity (Wildman–Crippen MR) is 109 cm³/mol. The molecule has 0 radical (unpaired) electrons.